The van der Waals surface area contributed by atoms with Crippen LogP contribution in [0.1, 0.15) is 11.1 Å². The van der Waals surface area contributed by atoms with Gasteiger partial charge in [-0.1, -0.05) is 17.4 Å². The van der Waals surface area contributed by atoms with E-state index < -0.39 is 12.1 Å². The fourth-order valence-electron chi connectivity index (χ4n) is 1.18. The molecule has 0 atom stereocenters. The van der Waals surface area contributed by atoms with Gasteiger partial charge in [0, 0.05) is 6.07 Å². The molecule has 0 saturated heterocycles. The summed E-state index contributed by atoms with van der Waals surface area (Å²) in [6.45, 7) is 4.36. The summed E-state index contributed by atoms with van der Waals surface area (Å²) in [5, 5.41) is 10.9. The molecule has 2 nitrogen and oxygen atoms in total. The summed E-state index contributed by atoms with van der Waals surface area (Å²) in [6.07, 6.45) is -5.19. The van der Waals surface area contributed by atoms with E-state index in [2.05, 4.69) is 49.6 Å². The molecule has 0 fully saturated rings. The van der Waals surface area contributed by atoms with Crippen molar-refractivity contribution in [1.82, 2.24) is 0 Å². The SMILES string of the molecule is Cc1ccc([I+]c2cccs2)cc1C.O=C([O-])C(F)(F)F. The Bertz CT molecular complexity index is 595. The zero-order valence-corrected chi connectivity index (χ0v) is 14.2. The molecule has 0 unspecified atom stereocenters. The van der Waals surface area contributed by atoms with Crippen molar-refractivity contribution >= 4 is 17.3 Å². The third-order valence-electron chi connectivity index (χ3n) is 2.39. The maximum absolute atomic E-state index is 10.5. The molecule has 114 valence electrons. The highest BCUT2D eigenvalue weighted by atomic mass is 127. The Kier molecular flexibility index (Phi) is 6.66. The number of carboxylic acids is 1. The van der Waals surface area contributed by atoms with E-state index in [1.165, 1.54) is 14.7 Å². The number of halogens is 4. The zero-order valence-electron chi connectivity index (χ0n) is 11.2. The molecule has 1 aromatic heterocycles. The number of carbonyl (C=O) groups excluding carboxylic acids is 1. The molecule has 0 bridgehead atoms. The molecule has 0 radical (unpaired) electrons. The Morgan fingerprint density at radius 3 is 2.24 bits per heavy atom. The van der Waals surface area contributed by atoms with Crippen LogP contribution in [0.15, 0.2) is 35.7 Å². The van der Waals surface area contributed by atoms with Gasteiger partial charge in [-0.2, -0.15) is 13.2 Å². The highest BCUT2D eigenvalue weighted by Gasteiger charge is 2.28. The topological polar surface area (TPSA) is 40.1 Å². The van der Waals surface area contributed by atoms with Crippen molar-refractivity contribution in [2.45, 2.75) is 20.0 Å². The molecule has 0 aliphatic carbocycles. The van der Waals surface area contributed by atoms with Crippen LogP contribution in [0.3, 0.4) is 0 Å². The van der Waals surface area contributed by atoms with E-state index in [1.54, 1.807) is 2.88 Å². The molecule has 1 aromatic carbocycles. The maximum Gasteiger partial charge on any atom is 0.430 e. The van der Waals surface area contributed by atoms with Gasteiger partial charge < -0.3 is 9.90 Å². The van der Waals surface area contributed by atoms with Crippen molar-refractivity contribution in [1.29, 1.82) is 0 Å². The van der Waals surface area contributed by atoms with Gasteiger partial charge in [0.25, 0.3) is 0 Å². The van der Waals surface area contributed by atoms with Gasteiger partial charge in [0.05, 0.1) is 0 Å². The summed E-state index contributed by atoms with van der Waals surface area (Å²) in [7, 11) is 0. The predicted octanol–water partition coefficient (Wildman–Crippen LogP) is -0.208. The average Bonchev–Trinajstić information content (AvgIpc) is 2.86. The van der Waals surface area contributed by atoms with Gasteiger partial charge in [-0.25, -0.2) is 0 Å². The van der Waals surface area contributed by atoms with Gasteiger partial charge >= 0.3 is 27.4 Å². The van der Waals surface area contributed by atoms with Crippen molar-refractivity contribution in [2.24, 2.45) is 0 Å². The Hall–Kier alpha value is -1.09. The minimum absolute atomic E-state index is 0.0553. The highest BCUT2D eigenvalue weighted by Crippen LogP contribution is 2.11. The number of hydrogen-bond acceptors (Lipinski definition) is 3. The minimum atomic E-state index is -5.19. The second-order valence-corrected chi connectivity index (χ2v) is 8.65. The van der Waals surface area contributed by atoms with Crippen molar-refractivity contribution in [3.63, 3.8) is 0 Å². The standard InChI is InChI=1S/C12H12IS.C2HF3O2/c1-9-5-6-11(8-10(9)2)13-12-4-3-7-14-12;3-2(4,5)1(6)7/h3-8H,1-2H3;(H,6,7)/q+1;/p-1. The number of aliphatic carboxylic acids is 1. The highest BCUT2D eigenvalue weighted by molar-refractivity contribution is 7.07. The summed E-state index contributed by atoms with van der Waals surface area (Å²) >= 11 is 1.93. The Balaban J connectivity index is 0.000000270. The molecule has 0 spiro atoms. The van der Waals surface area contributed by atoms with E-state index in [0.717, 1.165) is 0 Å². The number of rotatable bonds is 2. The first-order valence-electron chi connectivity index (χ1n) is 5.74. The van der Waals surface area contributed by atoms with Crippen LogP contribution in [-0.4, -0.2) is 12.1 Å². The summed E-state index contributed by atoms with van der Waals surface area (Å²) in [5.41, 5.74) is 2.81. The number of aryl methyl sites for hydroxylation is 2. The first-order valence-corrected chi connectivity index (χ1v) is 8.77. The minimum Gasteiger partial charge on any atom is -0.542 e. The van der Waals surface area contributed by atoms with Crippen LogP contribution in [0, 0.1) is 20.3 Å². The molecular weight excluding hydrogens is 416 g/mol. The number of hydrogen-bond donors (Lipinski definition) is 0. The quantitative estimate of drug-likeness (QED) is 0.622. The fourth-order valence-corrected chi connectivity index (χ4v) is 5.08. The summed E-state index contributed by atoms with van der Waals surface area (Å²) in [4.78, 5) is 8.78. The van der Waals surface area contributed by atoms with E-state index >= 15 is 0 Å². The van der Waals surface area contributed by atoms with Crippen molar-refractivity contribution in [2.75, 3.05) is 0 Å². The molecule has 0 N–H and O–H groups in total. The summed E-state index contributed by atoms with van der Waals surface area (Å²) < 4.78 is 34.6. The largest absolute Gasteiger partial charge is 0.542 e. The van der Waals surface area contributed by atoms with Crippen LogP contribution in [-0.2, 0) is 4.79 Å². The molecule has 0 saturated carbocycles. The molecular formula is C14H12F3IO2S. The lowest BCUT2D eigenvalue weighted by molar-refractivity contribution is -0.591. The van der Waals surface area contributed by atoms with Crippen LogP contribution in [0.2, 0.25) is 0 Å². The second-order valence-electron chi connectivity index (χ2n) is 4.03. The fraction of sp³-hybridized carbons (Fsp3) is 0.214. The number of carbonyl (C=O) groups is 1. The van der Waals surface area contributed by atoms with E-state index in [0.29, 0.717) is 0 Å². The molecule has 0 aliphatic rings. The van der Waals surface area contributed by atoms with Crippen LogP contribution < -0.4 is 26.3 Å². The van der Waals surface area contributed by atoms with Gasteiger partial charge in [-0.05, 0) is 48.6 Å². The van der Waals surface area contributed by atoms with Crippen molar-refractivity contribution < 1.29 is 44.3 Å². The van der Waals surface area contributed by atoms with Crippen molar-refractivity contribution in [3.8, 4) is 0 Å². The van der Waals surface area contributed by atoms with E-state index in [1.807, 2.05) is 11.3 Å². The van der Waals surface area contributed by atoms with Gasteiger partial charge in [-0.15, -0.1) is 0 Å². The third-order valence-corrected chi connectivity index (χ3v) is 6.51. The zero-order chi connectivity index (χ0) is 16.0. The summed E-state index contributed by atoms with van der Waals surface area (Å²) in [6, 6.07) is 11.2. The molecule has 21 heavy (non-hydrogen) atoms. The lowest BCUT2D eigenvalue weighted by atomic mass is 10.1. The number of alkyl halides is 3. The molecule has 0 aliphatic heterocycles. The lowest BCUT2D eigenvalue weighted by Gasteiger charge is -2.03. The van der Waals surface area contributed by atoms with Crippen LogP contribution >= 0.6 is 11.3 Å². The number of carboxylic acid groups (broad SMARTS) is 1. The summed E-state index contributed by atoms with van der Waals surface area (Å²) in [5.74, 6) is -3.01. The number of benzene rings is 1. The molecule has 0 amide bonds. The molecule has 7 heteroatoms. The van der Waals surface area contributed by atoms with E-state index in [4.69, 9.17) is 9.90 Å². The van der Waals surface area contributed by atoms with Crippen LogP contribution in [0.4, 0.5) is 13.2 Å². The predicted molar refractivity (Wildman–Crippen MR) is 68.7 cm³/mol. The Morgan fingerprint density at radius 1 is 1.19 bits per heavy atom. The van der Waals surface area contributed by atoms with Gasteiger partial charge in [0.15, 0.2) is 3.57 Å². The molecule has 1 heterocycles. The average molecular weight is 428 g/mol. The second kappa shape index (κ2) is 7.79. The Morgan fingerprint density at radius 2 is 1.81 bits per heavy atom. The maximum atomic E-state index is 10.5. The number of thiophene rings is 1. The molecule has 2 rings (SSSR count). The van der Waals surface area contributed by atoms with Crippen molar-refractivity contribution in [3.05, 3.63) is 53.3 Å². The smallest absolute Gasteiger partial charge is 0.430 e. The van der Waals surface area contributed by atoms with E-state index in [-0.39, 0.29) is 21.2 Å². The molecule has 2 aromatic rings. The lowest BCUT2D eigenvalue weighted by Crippen LogP contribution is -3.61. The first kappa shape index (κ1) is 18.0. The van der Waals surface area contributed by atoms with Gasteiger partial charge in [0.1, 0.15) is 5.97 Å². The monoisotopic (exact) mass is 428 g/mol. The third kappa shape index (κ3) is 6.47. The Labute approximate surface area is 134 Å². The van der Waals surface area contributed by atoms with E-state index in [9.17, 15) is 13.2 Å². The normalized spacial score (nSPS) is 10.7. The van der Waals surface area contributed by atoms with Gasteiger partial charge in [-0.3, -0.25) is 0 Å². The van der Waals surface area contributed by atoms with Crippen LogP contribution in [0.25, 0.3) is 0 Å². The first-order chi connectivity index (χ1) is 9.70. The van der Waals surface area contributed by atoms with Gasteiger partial charge in [0.2, 0.25) is 2.88 Å². The van der Waals surface area contributed by atoms with Crippen LogP contribution in [0.5, 0.6) is 0 Å².